The number of nitrogens with one attached hydrogen (secondary N) is 1. The SMILES string of the molecule is CC(NCc1cn(CCCO)nn1)c1ccc(Cl)c(Cl)c1. The molecule has 1 unspecified atom stereocenters. The Balaban J connectivity index is 1.89. The van der Waals surface area contributed by atoms with E-state index in [1.807, 2.05) is 18.3 Å². The van der Waals surface area contributed by atoms with E-state index >= 15 is 0 Å². The van der Waals surface area contributed by atoms with E-state index in [1.165, 1.54) is 0 Å². The second-order valence-electron chi connectivity index (χ2n) is 4.83. The molecule has 0 saturated heterocycles. The number of aromatic nitrogens is 3. The first-order chi connectivity index (χ1) is 10.1. The minimum absolute atomic E-state index is 0.127. The Kier molecular flexibility index (Phi) is 5.99. The zero-order valence-electron chi connectivity index (χ0n) is 11.8. The number of benzene rings is 1. The Bertz CT molecular complexity index is 588. The summed E-state index contributed by atoms with van der Waals surface area (Å²) in [5.41, 5.74) is 1.93. The van der Waals surface area contributed by atoms with Gasteiger partial charge in [0, 0.05) is 31.9 Å². The summed E-state index contributed by atoms with van der Waals surface area (Å²) >= 11 is 11.9. The highest BCUT2D eigenvalue weighted by atomic mass is 35.5. The van der Waals surface area contributed by atoms with Gasteiger partial charge >= 0.3 is 0 Å². The maximum absolute atomic E-state index is 8.78. The zero-order chi connectivity index (χ0) is 15.2. The molecule has 0 aliphatic rings. The third-order valence-corrected chi connectivity index (χ3v) is 3.90. The van der Waals surface area contributed by atoms with Crippen LogP contribution in [0.2, 0.25) is 10.0 Å². The lowest BCUT2D eigenvalue weighted by Crippen LogP contribution is -2.18. The summed E-state index contributed by atoms with van der Waals surface area (Å²) < 4.78 is 1.73. The standard InChI is InChI=1S/C14H18Cl2N4O/c1-10(11-3-4-13(15)14(16)7-11)17-8-12-9-20(19-18-12)5-2-6-21/h3-4,7,9-10,17,21H,2,5-6,8H2,1H3. The highest BCUT2D eigenvalue weighted by molar-refractivity contribution is 6.42. The Morgan fingerprint density at radius 3 is 2.86 bits per heavy atom. The molecule has 7 heteroatoms. The third-order valence-electron chi connectivity index (χ3n) is 3.16. The molecule has 1 aromatic heterocycles. The van der Waals surface area contributed by atoms with Gasteiger partial charge in [-0.05, 0) is 31.0 Å². The summed E-state index contributed by atoms with van der Waals surface area (Å²) in [6, 6.07) is 5.73. The molecule has 0 radical (unpaired) electrons. The molecule has 1 heterocycles. The molecular formula is C14H18Cl2N4O. The molecule has 1 aromatic carbocycles. The van der Waals surface area contributed by atoms with Crippen molar-refractivity contribution in [3.05, 3.63) is 45.7 Å². The first-order valence-corrected chi connectivity index (χ1v) is 7.54. The van der Waals surface area contributed by atoms with Gasteiger partial charge in [0.2, 0.25) is 0 Å². The number of halogens is 2. The fourth-order valence-electron chi connectivity index (χ4n) is 1.92. The molecule has 2 aromatic rings. The summed E-state index contributed by atoms with van der Waals surface area (Å²) in [5, 5.41) is 21.4. The molecule has 0 bridgehead atoms. The molecular weight excluding hydrogens is 311 g/mol. The van der Waals surface area contributed by atoms with Crippen molar-refractivity contribution in [2.75, 3.05) is 6.61 Å². The zero-order valence-corrected chi connectivity index (χ0v) is 13.3. The molecule has 2 rings (SSSR count). The molecule has 5 nitrogen and oxygen atoms in total. The minimum Gasteiger partial charge on any atom is -0.396 e. The first-order valence-electron chi connectivity index (χ1n) is 6.78. The van der Waals surface area contributed by atoms with Gasteiger partial charge in [0.1, 0.15) is 0 Å². The van der Waals surface area contributed by atoms with Crippen LogP contribution in [0.5, 0.6) is 0 Å². The van der Waals surface area contributed by atoms with Crippen molar-refractivity contribution in [1.29, 1.82) is 0 Å². The topological polar surface area (TPSA) is 63.0 Å². The van der Waals surface area contributed by atoms with Crippen LogP contribution in [0.25, 0.3) is 0 Å². The summed E-state index contributed by atoms with van der Waals surface area (Å²) in [6.07, 6.45) is 2.56. The van der Waals surface area contributed by atoms with E-state index in [9.17, 15) is 0 Å². The molecule has 0 fully saturated rings. The van der Waals surface area contributed by atoms with E-state index in [0.29, 0.717) is 29.6 Å². The van der Waals surface area contributed by atoms with Crippen LogP contribution in [0, 0.1) is 0 Å². The summed E-state index contributed by atoms with van der Waals surface area (Å²) in [5.74, 6) is 0. The van der Waals surface area contributed by atoms with Crippen molar-refractivity contribution in [3.63, 3.8) is 0 Å². The van der Waals surface area contributed by atoms with Crippen LogP contribution >= 0.6 is 23.2 Å². The lowest BCUT2D eigenvalue weighted by atomic mass is 10.1. The smallest absolute Gasteiger partial charge is 0.0965 e. The van der Waals surface area contributed by atoms with E-state index < -0.39 is 0 Å². The summed E-state index contributed by atoms with van der Waals surface area (Å²) in [6.45, 7) is 3.49. The van der Waals surface area contributed by atoms with Crippen molar-refractivity contribution in [2.45, 2.75) is 32.5 Å². The van der Waals surface area contributed by atoms with Gasteiger partial charge in [-0.3, -0.25) is 4.68 Å². The molecule has 0 saturated carbocycles. The Morgan fingerprint density at radius 2 is 2.14 bits per heavy atom. The van der Waals surface area contributed by atoms with Crippen LogP contribution in [0.15, 0.2) is 24.4 Å². The van der Waals surface area contributed by atoms with Crippen LogP contribution in [-0.2, 0) is 13.1 Å². The van der Waals surface area contributed by atoms with Crippen LogP contribution in [0.1, 0.15) is 30.6 Å². The second-order valence-corrected chi connectivity index (χ2v) is 5.64. The summed E-state index contributed by atoms with van der Waals surface area (Å²) in [7, 11) is 0. The molecule has 0 aliphatic carbocycles. The lowest BCUT2D eigenvalue weighted by molar-refractivity contribution is 0.276. The Hall–Kier alpha value is -1.14. The average Bonchev–Trinajstić information content (AvgIpc) is 2.93. The molecule has 21 heavy (non-hydrogen) atoms. The van der Waals surface area contributed by atoms with Gasteiger partial charge in [-0.25, -0.2) is 0 Å². The molecule has 1 atom stereocenters. The van der Waals surface area contributed by atoms with E-state index in [2.05, 4.69) is 22.6 Å². The fraction of sp³-hybridized carbons (Fsp3) is 0.429. The molecule has 0 amide bonds. The van der Waals surface area contributed by atoms with E-state index in [-0.39, 0.29) is 12.6 Å². The van der Waals surface area contributed by atoms with Gasteiger partial charge < -0.3 is 10.4 Å². The van der Waals surface area contributed by atoms with Crippen LogP contribution in [0.4, 0.5) is 0 Å². The van der Waals surface area contributed by atoms with Crippen molar-refractivity contribution in [3.8, 4) is 0 Å². The number of rotatable bonds is 7. The predicted octanol–water partition coefficient (Wildman–Crippen LogP) is 2.82. The summed E-state index contributed by atoms with van der Waals surface area (Å²) in [4.78, 5) is 0. The molecule has 0 spiro atoms. The van der Waals surface area contributed by atoms with E-state index in [0.717, 1.165) is 11.3 Å². The predicted molar refractivity (Wildman–Crippen MR) is 83.4 cm³/mol. The normalized spacial score (nSPS) is 12.6. The van der Waals surface area contributed by atoms with Gasteiger partial charge in [0.15, 0.2) is 0 Å². The molecule has 0 aliphatic heterocycles. The maximum Gasteiger partial charge on any atom is 0.0965 e. The highest BCUT2D eigenvalue weighted by Crippen LogP contribution is 2.25. The average molecular weight is 329 g/mol. The molecule has 2 N–H and O–H groups in total. The van der Waals surface area contributed by atoms with Gasteiger partial charge in [-0.2, -0.15) is 0 Å². The van der Waals surface area contributed by atoms with Crippen molar-refractivity contribution in [1.82, 2.24) is 20.3 Å². The van der Waals surface area contributed by atoms with Crippen molar-refractivity contribution < 1.29 is 5.11 Å². The van der Waals surface area contributed by atoms with Gasteiger partial charge in [0.25, 0.3) is 0 Å². The van der Waals surface area contributed by atoms with Gasteiger partial charge in [-0.15, -0.1) is 5.10 Å². The van der Waals surface area contributed by atoms with Crippen LogP contribution < -0.4 is 5.32 Å². The number of aryl methyl sites for hydroxylation is 1. The number of hydrogen-bond acceptors (Lipinski definition) is 4. The quantitative estimate of drug-likeness (QED) is 0.820. The lowest BCUT2D eigenvalue weighted by Gasteiger charge is -2.13. The van der Waals surface area contributed by atoms with Crippen LogP contribution in [-0.4, -0.2) is 26.7 Å². The number of nitrogens with zero attached hydrogens (tertiary/aromatic N) is 3. The monoisotopic (exact) mass is 328 g/mol. The fourth-order valence-corrected chi connectivity index (χ4v) is 2.23. The largest absolute Gasteiger partial charge is 0.396 e. The Labute approximate surface area is 133 Å². The van der Waals surface area contributed by atoms with Crippen LogP contribution in [0.3, 0.4) is 0 Å². The van der Waals surface area contributed by atoms with Gasteiger partial charge in [0.05, 0.1) is 15.7 Å². The first kappa shape index (κ1) is 16.2. The van der Waals surface area contributed by atoms with Gasteiger partial charge in [-0.1, -0.05) is 34.5 Å². The highest BCUT2D eigenvalue weighted by Gasteiger charge is 2.08. The number of aliphatic hydroxyl groups is 1. The number of hydrogen-bond donors (Lipinski definition) is 2. The van der Waals surface area contributed by atoms with Crippen molar-refractivity contribution >= 4 is 23.2 Å². The minimum atomic E-state index is 0.127. The Morgan fingerprint density at radius 1 is 1.33 bits per heavy atom. The van der Waals surface area contributed by atoms with Crippen molar-refractivity contribution in [2.24, 2.45) is 0 Å². The molecule has 114 valence electrons. The third kappa shape index (κ3) is 4.68. The second kappa shape index (κ2) is 7.75. The van der Waals surface area contributed by atoms with E-state index in [1.54, 1.807) is 10.7 Å². The number of aliphatic hydroxyl groups excluding tert-OH is 1. The maximum atomic E-state index is 8.78. The van der Waals surface area contributed by atoms with E-state index in [4.69, 9.17) is 28.3 Å².